The molecule has 0 fully saturated rings. The van der Waals surface area contributed by atoms with Crippen LogP contribution in [-0.2, 0) is 15.7 Å². The lowest BCUT2D eigenvalue weighted by Gasteiger charge is -2.15. The summed E-state index contributed by atoms with van der Waals surface area (Å²) in [5, 5.41) is 1.72. The number of pyridine rings is 1. The molecule has 0 bridgehead atoms. The third kappa shape index (κ3) is 5.17. The SMILES string of the molecule is O=C(COC(=O)c1cncc(Br)c1)Nc1c(Cl)cccc1C(F)(F)F. The smallest absolute Gasteiger partial charge is 0.418 e. The first-order chi connectivity index (χ1) is 11.7. The summed E-state index contributed by atoms with van der Waals surface area (Å²) in [6.07, 6.45) is -2.04. The zero-order chi connectivity index (χ0) is 18.6. The van der Waals surface area contributed by atoms with E-state index in [1.165, 1.54) is 24.5 Å². The van der Waals surface area contributed by atoms with E-state index in [1.807, 2.05) is 5.32 Å². The number of nitrogens with one attached hydrogen (secondary N) is 1. The van der Waals surface area contributed by atoms with E-state index in [9.17, 15) is 22.8 Å². The van der Waals surface area contributed by atoms with Crippen molar-refractivity contribution in [3.63, 3.8) is 0 Å². The Hall–Kier alpha value is -2.13. The van der Waals surface area contributed by atoms with Crippen molar-refractivity contribution < 1.29 is 27.5 Å². The predicted octanol–water partition coefficient (Wildman–Crippen LogP) is 4.31. The van der Waals surface area contributed by atoms with E-state index in [2.05, 4.69) is 20.9 Å². The lowest BCUT2D eigenvalue weighted by Crippen LogP contribution is -2.23. The van der Waals surface area contributed by atoms with Crippen molar-refractivity contribution in [3.8, 4) is 0 Å². The molecule has 132 valence electrons. The van der Waals surface area contributed by atoms with E-state index in [0.29, 0.717) is 4.47 Å². The quantitative estimate of drug-likeness (QED) is 0.724. The molecular weight excluding hydrogens is 429 g/mol. The predicted molar refractivity (Wildman–Crippen MR) is 87.3 cm³/mol. The largest absolute Gasteiger partial charge is 0.452 e. The van der Waals surface area contributed by atoms with Crippen molar-refractivity contribution in [3.05, 3.63) is 57.3 Å². The normalized spacial score (nSPS) is 11.1. The van der Waals surface area contributed by atoms with Gasteiger partial charge in [-0.3, -0.25) is 9.78 Å². The number of para-hydroxylation sites is 1. The van der Waals surface area contributed by atoms with Crippen molar-refractivity contribution in [1.29, 1.82) is 0 Å². The molecule has 5 nitrogen and oxygen atoms in total. The van der Waals surface area contributed by atoms with Crippen LogP contribution in [0.4, 0.5) is 18.9 Å². The number of hydrogen-bond donors (Lipinski definition) is 1. The average Bonchev–Trinajstić information content (AvgIpc) is 2.53. The molecule has 2 aromatic rings. The van der Waals surface area contributed by atoms with E-state index in [1.54, 1.807) is 0 Å². The molecule has 0 unspecified atom stereocenters. The Bertz CT molecular complexity index is 815. The number of carbonyl (C=O) groups is 2. The number of alkyl halides is 3. The first-order valence-corrected chi connectivity index (χ1v) is 7.79. The van der Waals surface area contributed by atoms with Crippen LogP contribution in [0, 0.1) is 0 Å². The van der Waals surface area contributed by atoms with Crippen LogP contribution < -0.4 is 5.32 Å². The van der Waals surface area contributed by atoms with E-state index >= 15 is 0 Å². The van der Waals surface area contributed by atoms with Gasteiger partial charge >= 0.3 is 12.1 Å². The molecule has 1 heterocycles. The summed E-state index contributed by atoms with van der Waals surface area (Å²) >= 11 is 8.84. The molecule has 0 saturated carbocycles. The van der Waals surface area contributed by atoms with Gasteiger partial charge in [0.15, 0.2) is 6.61 Å². The standard InChI is InChI=1S/C15H9BrClF3N2O3/c16-9-4-8(5-21-6-9)14(24)25-7-12(23)22-13-10(15(18,19)20)2-1-3-11(13)17/h1-6H,7H2,(H,22,23). The van der Waals surface area contributed by atoms with Crippen molar-refractivity contribution >= 4 is 45.1 Å². The minimum atomic E-state index is -4.70. The van der Waals surface area contributed by atoms with Gasteiger partial charge in [-0.1, -0.05) is 17.7 Å². The van der Waals surface area contributed by atoms with Gasteiger partial charge in [0.25, 0.3) is 5.91 Å². The second-order valence-electron chi connectivity index (χ2n) is 4.68. The fourth-order valence-corrected chi connectivity index (χ4v) is 2.39. The maximum atomic E-state index is 12.9. The molecule has 0 atom stereocenters. The zero-order valence-corrected chi connectivity index (χ0v) is 14.6. The maximum Gasteiger partial charge on any atom is 0.418 e. The van der Waals surface area contributed by atoms with Crippen molar-refractivity contribution in [1.82, 2.24) is 4.98 Å². The van der Waals surface area contributed by atoms with Crippen LogP contribution in [0.2, 0.25) is 5.02 Å². The van der Waals surface area contributed by atoms with Crippen LogP contribution in [0.25, 0.3) is 0 Å². The number of carbonyl (C=O) groups excluding carboxylic acids is 2. The molecule has 0 aliphatic carbocycles. The van der Waals surface area contributed by atoms with Crippen LogP contribution >= 0.6 is 27.5 Å². The van der Waals surface area contributed by atoms with E-state index in [4.69, 9.17) is 16.3 Å². The Balaban J connectivity index is 2.05. The van der Waals surface area contributed by atoms with Crippen LogP contribution in [0.5, 0.6) is 0 Å². The van der Waals surface area contributed by atoms with Crippen LogP contribution in [0.3, 0.4) is 0 Å². The topological polar surface area (TPSA) is 68.3 Å². The van der Waals surface area contributed by atoms with Gasteiger partial charge in [-0.25, -0.2) is 4.79 Å². The Kier molecular flexibility index (Phi) is 6.02. The highest BCUT2D eigenvalue weighted by molar-refractivity contribution is 9.10. The third-order valence-corrected chi connectivity index (χ3v) is 3.61. The number of nitrogens with zero attached hydrogens (tertiary/aromatic N) is 1. The van der Waals surface area contributed by atoms with Gasteiger partial charge in [0.05, 0.1) is 21.8 Å². The van der Waals surface area contributed by atoms with Gasteiger partial charge in [-0.2, -0.15) is 13.2 Å². The van der Waals surface area contributed by atoms with Crippen LogP contribution in [0.1, 0.15) is 15.9 Å². The highest BCUT2D eigenvalue weighted by Crippen LogP contribution is 2.38. The lowest BCUT2D eigenvalue weighted by molar-refractivity contribution is -0.137. The number of amides is 1. The Labute approximate surface area is 153 Å². The molecule has 1 amide bonds. The monoisotopic (exact) mass is 436 g/mol. The number of benzene rings is 1. The molecule has 25 heavy (non-hydrogen) atoms. The minimum Gasteiger partial charge on any atom is -0.452 e. The molecule has 1 aromatic carbocycles. The highest BCUT2D eigenvalue weighted by atomic mass is 79.9. The minimum absolute atomic E-state index is 0.0795. The molecule has 2 rings (SSSR count). The number of ether oxygens (including phenoxy) is 1. The summed E-state index contributed by atoms with van der Waals surface area (Å²) in [6.45, 7) is -0.784. The maximum absolute atomic E-state index is 12.9. The Morgan fingerprint density at radius 2 is 2.00 bits per heavy atom. The number of esters is 1. The second kappa shape index (κ2) is 7.83. The summed E-state index contributed by atoms with van der Waals surface area (Å²) in [7, 11) is 0. The summed E-state index contributed by atoms with van der Waals surface area (Å²) in [5.41, 5.74) is -1.62. The molecule has 0 saturated heterocycles. The van der Waals surface area contributed by atoms with Crippen molar-refractivity contribution in [2.75, 3.05) is 11.9 Å². The van der Waals surface area contributed by atoms with Crippen molar-refractivity contribution in [2.45, 2.75) is 6.18 Å². The number of anilines is 1. The number of rotatable bonds is 4. The summed E-state index contributed by atoms with van der Waals surface area (Å²) in [4.78, 5) is 27.3. The number of aromatic nitrogens is 1. The molecule has 0 radical (unpaired) electrons. The van der Waals surface area contributed by atoms with E-state index in [0.717, 1.165) is 12.1 Å². The number of halogens is 5. The molecule has 0 aliphatic rings. The van der Waals surface area contributed by atoms with Crippen LogP contribution in [0.15, 0.2) is 41.1 Å². The fourth-order valence-electron chi connectivity index (χ4n) is 1.80. The zero-order valence-electron chi connectivity index (χ0n) is 12.2. The first-order valence-electron chi connectivity index (χ1n) is 6.61. The molecule has 0 aliphatic heterocycles. The molecule has 0 spiro atoms. The molecule has 1 N–H and O–H groups in total. The summed E-state index contributed by atoms with van der Waals surface area (Å²) < 4.78 is 44.1. The summed E-state index contributed by atoms with van der Waals surface area (Å²) in [6, 6.07) is 4.51. The Morgan fingerprint density at radius 1 is 1.28 bits per heavy atom. The summed E-state index contributed by atoms with van der Waals surface area (Å²) in [5.74, 6) is -1.81. The van der Waals surface area contributed by atoms with Gasteiger partial charge < -0.3 is 10.1 Å². The highest BCUT2D eigenvalue weighted by Gasteiger charge is 2.34. The van der Waals surface area contributed by atoms with Gasteiger partial charge in [-0.05, 0) is 34.1 Å². The third-order valence-electron chi connectivity index (χ3n) is 2.86. The van der Waals surface area contributed by atoms with Gasteiger partial charge in [0.1, 0.15) is 0 Å². The molecule has 1 aromatic heterocycles. The van der Waals surface area contributed by atoms with Gasteiger partial charge in [-0.15, -0.1) is 0 Å². The Morgan fingerprint density at radius 3 is 2.64 bits per heavy atom. The molecule has 10 heteroatoms. The van der Waals surface area contributed by atoms with E-state index in [-0.39, 0.29) is 10.6 Å². The average molecular weight is 438 g/mol. The second-order valence-corrected chi connectivity index (χ2v) is 6.00. The fraction of sp³-hybridized carbons (Fsp3) is 0.133. The van der Waals surface area contributed by atoms with Crippen molar-refractivity contribution in [2.24, 2.45) is 0 Å². The number of hydrogen-bond acceptors (Lipinski definition) is 4. The molecular formula is C15H9BrClF3N2O3. The van der Waals surface area contributed by atoms with Gasteiger partial charge in [0, 0.05) is 16.9 Å². The van der Waals surface area contributed by atoms with Crippen LogP contribution in [-0.4, -0.2) is 23.5 Å². The van der Waals surface area contributed by atoms with Gasteiger partial charge in [0.2, 0.25) is 0 Å². The van der Waals surface area contributed by atoms with E-state index < -0.39 is 35.9 Å². The lowest BCUT2D eigenvalue weighted by atomic mass is 10.1. The first kappa shape index (κ1) is 19.2.